The molecule has 0 bridgehead atoms. The van der Waals surface area contributed by atoms with Crippen LogP contribution in [0.5, 0.6) is 0 Å². The molecule has 0 aliphatic heterocycles. The first kappa shape index (κ1) is 7.11. The number of rotatable bonds is 0. The van der Waals surface area contributed by atoms with E-state index in [2.05, 4.69) is 0 Å². The lowest BCUT2D eigenvalue weighted by Crippen LogP contribution is -2.41. The van der Waals surface area contributed by atoms with E-state index in [0.29, 0.717) is 9.51 Å². The molecule has 6 heteroatoms. The Labute approximate surface area is 70.3 Å². The molecule has 2 aromatic heterocycles. The van der Waals surface area contributed by atoms with E-state index in [4.69, 9.17) is 5.84 Å². The second kappa shape index (κ2) is 2.21. The number of nitrogens with zero attached hydrogens (tertiary/aromatic N) is 2. The van der Waals surface area contributed by atoms with Gasteiger partial charge in [0.2, 0.25) is 0 Å². The third kappa shape index (κ3) is 0.782. The largest absolute Gasteiger partial charge is 0.354 e. The van der Waals surface area contributed by atoms with Crippen LogP contribution in [0.25, 0.3) is 4.83 Å². The number of hydrogen-bond donors (Lipinski definition) is 1. The molecule has 2 heterocycles. The van der Waals surface area contributed by atoms with Gasteiger partial charge in [0.05, 0.1) is 0 Å². The van der Waals surface area contributed by atoms with E-state index in [1.165, 1.54) is 21.8 Å². The zero-order valence-corrected chi connectivity index (χ0v) is 6.75. The lowest BCUT2D eigenvalue weighted by atomic mass is 10.6. The van der Waals surface area contributed by atoms with Crippen LogP contribution < -0.4 is 17.1 Å². The SMILES string of the molecule is Nn1c(=O)cc2sccn2c1=O. The Balaban J connectivity index is 3.16. The predicted molar refractivity (Wildman–Crippen MR) is 46.0 cm³/mol. The van der Waals surface area contributed by atoms with Gasteiger partial charge in [-0.3, -0.25) is 9.20 Å². The lowest BCUT2D eigenvalue weighted by molar-refractivity contribution is 0.814. The number of hydrogen-bond acceptors (Lipinski definition) is 4. The fraction of sp³-hybridized carbons (Fsp3) is 0. The molecular formula is C6H5N3O2S. The third-order valence-corrected chi connectivity index (χ3v) is 2.35. The van der Waals surface area contributed by atoms with Crippen LogP contribution in [0.15, 0.2) is 27.2 Å². The van der Waals surface area contributed by atoms with Crippen LogP contribution in [0, 0.1) is 0 Å². The summed E-state index contributed by atoms with van der Waals surface area (Å²) in [6.45, 7) is 0. The maximum Gasteiger partial charge on any atom is 0.354 e. The van der Waals surface area contributed by atoms with E-state index in [0.717, 1.165) is 0 Å². The van der Waals surface area contributed by atoms with Gasteiger partial charge < -0.3 is 5.84 Å². The first-order valence-corrected chi connectivity index (χ1v) is 4.05. The molecule has 0 aliphatic carbocycles. The Morgan fingerprint density at radius 1 is 1.42 bits per heavy atom. The minimum absolute atomic E-state index is 0.484. The molecule has 62 valence electrons. The van der Waals surface area contributed by atoms with Gasteiger partial charge in [0.25, 0.3) is 5.56 Å². The smallest absolute Gasteiger partial charge is 0.332 e. The van der Waals surface area contributed by atoms with Crippen LogP contribution in [0.2, 0.25) is 0 Å². The first-order valence-electron chi connectivity index (χ1n) is 3.17. The van der Waals surface area contributed by atoms with E-state index in [1.807, 2.05) is 0 Å². The van der Waals surface area contributed by atoms with Crippen molar-refractivity contribution in [1.82, 2.24) is 9.08 Å². The molecule has 12 heavy (non-hydrogen) atoms. The van der Waals surface area contributed by atoms with Crippen molar-refractivity contribution in [3.63, 3.8) is 0 Å². The quantitative estimate of drug-likeness (QED) is 0.545. The topological polar surface area (TPSA) is 69.5 Å². The average Bonchev–Trinajstić information content (AvgIpc) is 2.48. The molecule has 0 atom stereocenters. The van der Waals surface area contributed by atoms with Crippen LogP contribution in [-0.2, 0) is 0 Å². The van der Waals surface area contributed by atoms with Gasteiger partial charge in [-0.2, -0.15) is 4.68 Å². The molecule has 0 aliphatic rings. The van der Waals surface area contributed by atoms with Crippen LogP contribution >= 0.6 is 11.3 Å². The minimum Gasteiger partial charge on any atom is -0.332 e. The van der Waals surface area contributed by atoms with E-state index in [-0.39, 0.29) is 0 Å². The van der Waals surface area contributed by atoms with Crippen molar-refractivity contribution in [3.05, 3.63) is 38.5 Å². The molecule has 0 saturated carbocycles. The van der Waals surface area contributed by atoms with Gasteiger partial charge in [-0.25, -0.2) is 4.79 Å². The summed E-state index contributed by atoms with van der Waals surface area (Å²) in [7, 11) is 0. The number of nitrogen functional groups attached to an aromatic ring is 1. The van der Waals surface area contributed by atoms with Crippen molar-refractivity contribution in [2.45, 2.75) is 0 Å². The maximum atomic E-state index is 11.2. The summed E-state index contributed by atoms with van der Waals surface area (Å²) >= 11 is 1.32. The normalized spacial score (nSPS) is 10.7. The third-order valence-electron chi connectivity index (χ3n) is 1.53. The summed E-state index contributed by atoms with van der Waals surface area (Å²) in [4.78, 5) is 22.8. The van der Waals surface area contributed by atoms with Crippen LogP contribution in [-0.4, -0.2) is 9.08 Å². The van der Waals surface area contributed by atoms with Gasteiger partial charge in [0.1, 0.15) is 4.83 Å². The Kier molecular flexibility index (Phi) is 1.31. The molecule has 0 saturated heterocycles. The molecule has 2 N–H and O–H groups in total. The van der Waals surface area contributed by atoms with Gasteiger partial charge in [-0.15, -0.1) is 11.3 Å². The standard InChI is InChI=1S/C6H5N3O2S/c7-9-4(10)3-5-8(6(9)11)1-2-12-5/h1-3H,7H2. The summed E-state index contributed by atoms with van der Waals surface area (Å²) in [6, 6.07) is 1.33. The van der Waals surface area contributed by atoms with Crippen molar-refractivity contribution < 1.29 is 0 Å². The Hall–Kier alpha value is -1.56. The van der Waals surface area contributed by atoms with Crippen molar-refractivity contribution >= 4 is 16.2 Å². The summed E-state index contributed by atoms with van der Waals surface area (Å²) in [5.74, 6) is 5.18. The molecule has 0 unspecified atom stereocenters. The molecule has 0 spiro atoms. The highest BCUT2D eigenvalue weighted by Crippen LogP contribution is 2.04. The highest BCUT2D eigenvalue weighted by molar-refractivity contribution is 7.15. The first-order chi connectivity index (χ1) is 5.70. The molecule has 2 aromatic rings. The zero-order chi connectivity index (χ0) is 8.72. The average molecular weight is 183 g/mol. The monoisotopic (exact) mass is 183 g/mol. The molecular weight excluding hydrogens is 178 g/mol. The van der Waals surface area contributed by atoms with Gasteiger partial charge in [0, 0.05) is 17.6 Å². The Morgan fingerprint density at radius 3 is 2.92 bits per heavy atom. The van der Waals surface area contributed by atoms with Crippen LogP contribution in [0.1, 0.15) is 0 Å². The van der Waals surface area contributed by atoms with E-state index < -0.39 is 11.2 Å². The van der Waals surface area contributed by atoms with Crippen LogP contribution in [0.3, 0.4) is 0 Å². The summed E-state index contributed by atoms with van der Waals surface area (Å²) in [5.41, 5.74) is -0.999. The zero-order valence-electron chi connectivity index (χ0n) is 5.93. The second-order valence-corrected chi connectivity index (χ2v) is 3.17. The Morgan fingerprint density at radius 2 is 2.17 bits per heavy atom. The maximum absolute atomic E-state index is 11.2. The number of aromatic nitrogens is 2. The van der Waals surface area contributed by atoms with Crippen LogP contribution in [0.4, 0.5) is 0 Å². The summed E-state index contributed by atoms with van der Waals surface area (Å²) < 4.78 is 1.91. The summed E-state index contributed by atoms with van der Waals surface area (Å²) in [5, 5.41) is 1.72. The minimum atomic E-state index is -0.515. The highest BCUT2D eigenvalue weighted by Gasteiger charge is 2.02. The molecule has 5 nitrogen and oxygen atoms in total. The predicted octanol–water partition coefficient (Wildman–Crippen LogP) is -0.764. The van der Waals surface area contributed by atoms with Crippen molar-refractivity contribution in [2.24, 2.45) is 0 Å². The molecule has 0 aromatic carbocycles. The molecule has 0 fully saturated rings. The van der Waals surface area contributed by atoms with Gasteiger partial charge in [0.15, 0.2) is 0 Å². The molecule has 0 radical (unpaired) electrons. The number of thiazole rings is 1. The fourth-order valence-electron chi connectivity index (χ4n) is 0.938. The molecule has 2 rings (SSSR count). The van der Waals surface area contributed by atoms with E-state index in [9.17, 15) is 9.59 Å². The van der Waals surface area contributed by atoms with Gasteiger partial charge >= 0.3 is 5.69 Å². The van der Waals surface area contributed by atoms with Crippen molar-refractivity contribution in [2.75, 3.05) is 5.84 Å². The van der Waals surface area contributed by atoms with Crippen molar-refractivity contribution in [1.29, 1.82) is 0 Å². The molecule has 0 amide bonds. The van der Waals surface area contributed by atoms with Gasteiger partial charge in [-0.1, -0.05) is 0 Å². The van der Waals surface area contributed by atoms with Gasteiger partial charge in [-0.05, 0) is 0 Å². The highest BCUT2D eigenvalue weighted by atomic mass is 32.1. The number of fused-ring (bicyclic) bond motifs is 1. The Bertz CT molecular complexity index is 535. The lowest BCUT2D eigenvalue weighted by Gasteiger charge is -1.95. The van der Waals surface area contributed by atoms with Crippen molar-refractivity contribution in [3.8, 4) is 0 Å². The summed E-state index contributed by atoms with van der Waals surface area (Å²) in [6.07, 6.45) is 1.57. The fourth-order valence-corrected chi connectivity index (χ4v) is 1.68. The number of nitrogens with two attached hydrogens (primary N) is 1. The van der Waals surface area contributed by atoms with E-state index >= 15 is 0 Å². The van der Waals surface area contributed by atoms with E-state index in [1.54, 1.807) is 11.6 Å². The second-order valence-electron chi connectivity index (χ2n) is 2.25.